The maximum atomic E-state index is 12.7. The monoisotopic (exact) mass is 461 g/mol. The van der Waals surface area contributed by atoms with Crippen LogP contribution in [-0.2, 0) is 16.6 Å². The molecule has 4 rings (SSSR count). The van der Waals surface area contributed by atoms with Crippen molar-refractivity contribution in [3.05, 3.63) is 57.6 Å². The molecule has 10 nitrogen and oxygen atoms in total. The van der Waals surface area contributed by atoms with Crippen LogP contribution in [0.5, 0.6) is 11.5 Å². The summed E-state index contributed by atoms with van der Waals surface area (Å²) in [6.07, 6.45) is 2.75. The van der Waals surface area contributed by atoms with E-state index in [9.17, 15) is 23.3 Å². The molecule has 0 aromatic heterocycles. The van der Waals surface area contributed by atoms with Crippen LogP contribution in [0.2, 0.25) is 0 Å². The summed E-state index contributed by atoms with van der Waals surface area (Å²) in [7, 11) is -3.53. The van der Waals surface area contributed by atoms with E-state index in [1.807, 2.05) is 0 Å². The van der Waals surface area contributed by atoms with Gasteiger partial charge in [0.25, 0.3) is 11.6 Å². The molecule has 2 aliphatic heterocycles. The number of piperidine rings is 1. The quantitative estimate of drug-likeness (QED) is 0.517. The van der Waals surface area contributed by atoms with Gasteiger partial charge in [0.05, 0.1) is 15.9 Å². The Morgan fingerprint density at radius 1 is 1.03 bits per heavy atom. The number of hydrogen-bond donors (Lipinski definition) is 1. The number of nitro groups is 1. The van der Waals surface area contributed by atoms with Gasteiger partial charge in [-0.25, -0.2) is 8.42 Å². The van der Waals surface area contributed by atoms with Crippen LogP contribution in [0, 0.1) is 10.1 Å². The molecule has 2 heterocycles. The topological polar surface area (TPSA) is 128 Å². The lowest BCUT2D eigenvalue weighted by Gasteiger charge is -2.25. The van der Waals surface area contributed by atoms with E-state index in [1.54, 1.807) is 12.1 Å². The van der Waals surface area contributed by atoms with Gasteiger partial charge in [-0.15, -0.1) is 0 Å². The number of rotatable bonds is 6. The maximum Gasteiger partial charge on any atom is 0.286 e. The number of benzene rings is 2. The average molecular weight is 461 g/mol. The van der Waals surface area contributed by atoms with Crippen molar-refractivity contribution in [2.45, 2.75) is 30.7 Å². The van der Waals surface area contributed by atoms with Gasteiger partial charge in [0.1, 0.15) is 18.8 Å². The molecular weight excluding hydrogens is 438 g/mol. The van der Waals surface area contributed by atoms with Crippen LogP contribution < -0.4 is 14.8 Å². The molecule has 32 heavy (non-hydrogen) atoms. The summed E-state index contributed by atoms with van der Waals surface area (Å²) in [5.74, 6) is -0.136. The third-order valence-corrected chi connectivity index (χ3v) is 7.34. The predicted molar refractivity (Wildman–Crippen MR) is 114 cm³/mol. The van der Waals surface area contributed by atoms with Gasteiger partial charge in [-0.05, 0) is 30.5 Å². The third kappa shape index (κ3) is 4.53. The molecule has 1 saturated heterocycles. The lowest BCUT2D eigenvalue weighted by Crippen LogP contribution is -2.35. The summed E-state index contributed by atoms with van der Waals surface area (Å²) in [5, 5.41) is 14.1. The Morgan fingerprint density at radius 3 is 2.28 bits per heavy atom. The van der Waals surface area contributed by atoms with Crippen molar-refractivity contribution in [1.82, 2.24) is 9.62 Å². The van der Waals surface area contributed by atoms with Crippen LogP contribution in [0.4, 0.5) is 5.69 Å². The number of hydrogen-bond acceptors (Lipinski definition) is 7. The summed E-state index contributed by atoms with van der Waals surface area (Å²) < 4.78 is 37.7. The van der Waals surface area contributed by atoms with E-state index in [0.717, 1.165) is 19.3 Å². The van der Waals surface area contributed by atoms with Crippen molar-refractivity contribution in [1.29, 1.82) is 0 Å². The zero-order valence-electron chi connectivity index (χ0n) is 17.3. The average Bonchev–Trinajstić information content (AvgIpc) is 2.82. The summed E-state index contributed by atoms with van der Waals surface area (Å²) in [4.78, 5) is 23.6. The molecule has 2 aliphatic rings. The molecule has 0 unspecified atom stereocenters. The van der Waals surface area contributed by atoms with Crippen molar-refractivity contribution in [3.63, 3.8) is 0 Å². The van der Waals surface area contributed by atoms with E-state index in [0.29, 0.717) is 25.3 Å². The number of ether oxygens (including phenoxy) is 2. The number of amides is 1. The van der Waals surface area contributed by atoms with Gasteiger partial charge in [-0.2, -0.15) is 4.31 Å². The molecule has 1 amide bonds. The highest BCUT2D eigenvalue weighted by Gasteiger charge is 2.27. The summed E-state index contributed by atoms with van der Waals surface area (Å²) in [6.45, 7) is 1.69. The molecule has 11 heteroatoms. The number of nitro benzene ring substituents is 1. The normalized spacial score (nSPS) is 16.4. The van der Waals surface area contributed by atoms with Crippen LogP contribution >= 0.6 is 0 Å². The molecule has 0 saturated carbocycles. The standard InChI is InChI=1S/C21H23N3O7S/c25-21(17-12-19-20(31-11-10-30-19)13-18(17)24(26)27)22-14-15-4-6-16(7-5-15)32(28,29)23-8-2-1-3-9-23/h4-7,12-13H,1-3,8-11,14H2,(H,22,25). The number of sulfonamides is 1. The van der Waals surface area contributed by atoms with Crippen LogP contribution in [0.1, 0.15) is 35.2 Å². The van der Waals surface area contributed by atoms with Gasteiger partial charge in [0.15, 0.2) is 11.5 Å². The molecule has 1 N–H and O–H groups in total. The fourth-order valence-corrected chi connectivity index (χ4v) is 5.24. The molecular formula is C21H23N3O7S. The van der Waals surface area contributed by atoms with Crippen molar-refractivity contribution in [2.24, 2.45) is 0 Å². The van der Waals surface area contributed by atoms with Crippen molar-refractivity contribution < 1.29 is 27.6 Å². The van der Waals surface area contributed by atoms with Crippen LogP contribution in [0.25, 0.3) is 0 Å². The summed E-state index contributed by atoms with van der Waals surface area (Å²) in [6, 6.07) is 8.75. The fourth-order valence-electron chi connectivity index (χ4n) is 3.72. The molecule has 1 fully saturated rings. The Kier molecular flexibility index (Phi) is 6.28. The van der Waals surface area contributed by atoms with E-state index >= 15 is 0 Å². The van der Waals surface area contributed by atoms with Crippen molar-refractivity contribution in [2.75, 3.05) is 26.3 Å². The Balaban J connectivity index is 1.46. The lowest BCUT2D eigenvalue weighted by molar-refractivity contribution is -0.385. The van der Waals surface area contributed by atoms with Gasteiger partial charge >= 0.3 is 0 Å². The number of carbonyl (C=O) groups is 1. The molecule has 0 spiro atoms. The van der Waals surface area contributed by atoms with E-state index in [4.69, 9.17) is 9.47 Å². The molecule has 0 radical (unpaired) electrons. The highest BCUT2D eigenvalue weighted by atomic mass is 32.2. The number of nitrogens with zero attached hydrogens (tertiary/aromatic N) is 2. The van der Waals surface area contributed by atoms with Crippen molar-refractivity contribution in [3.8, 4) is 11.5 Å². The first-order chi connectivity index (χ1) is 15.4. The summed E-state index contributed by atoms with van der Waals surface area (Å²) >= 11 is 0. The van der Waals surface area contributed by atoms with Gasteiger partial charge in [0, 0.05) is 25.7 Å². The zero-order valence-corrected chi connectivity index (χ0v) is 18.1. The van der Waals surface area contributed by atoms with Crippen LogP contribution in [-0.4, -0.2) is 49.9 Å². The van der Waals surface area contributed by atoms with E-state index in [-0.39, 0.29) is 40.8 Å². The highest BCUT2D eigenvalue weighted by Crippen LogP contribution is 2.36. The summed E-state index contributed by atoms with van der Waals surface area (Å²) in [5.41, 5.74) is 0.148. The molecule has 0 bridgehead atoms. The number of carbonyl (C=O) groups excluding carboxylic acids is 1. The van der Waals surface area contributed by atoms with Gasteiger partial charge < -0.3 is 14.8 Å². The van der Waals surface area contributed by atoms with Gasteiger partial charge in [-0.1, -0.05) is 18.6 Å². The van der Waals surface area contributed by atoms with E-state index < -0.39 is 20.9 Å². The van der Waals surface area contributed by atoms with Crippen molar-refractivity contribution >= 4 is 21.6 Å². The lowest BCUT2D eigenvalue weighted by atomic mass is 10.1. The Morgan fingerprint density at radius 2 is 1.66 bits per heavy atom. The maximum absolute atomic E-state index is 12.7. The highest BCUT2D eigenvalue weighted by molar-refractivity contribution is 7.89. The first-order valence-corrected chi connectivity index (χ1v) is 11.8. The SMILES string of the molecule is O=C(NCc1ccc(S(=O)(=O)N2CCCCC2)cc1)c1cc2c(cc1[N+](=O)[O-])OCCO2. The Hall–Kier alpha value is -3.18. The van der Waals surface area contributed by atoms with Crippen LogP contribution in [0.3, 0.4) is 0 Å². The second-order valence-corrected chi connectivity index (χ2v) is 9.50. The minimum Gasteiger partial charge on any atom is -0.486 e. The minimum absolute atomic E-state index is 0.0778. The first-order valence-electron chi connectivity index (χ1n) is 10.3. The Labute approximate surface area is 185 Å². The third-order valence-electron chi connectivity index (χ3n) is 5.43. The second-order valence-electron chi connectivity index (χ2n) is 7.56. The van der Waals surface area contributed by atoms with E-state index in [1.165, 1.54) is 28.6 Å². The van der Waals surface area contributed by atoms with Gasteiger partial charge in [-0.3, -0.25) is 14.9 Å². The largest absolute Gasteiger partial charge is 0.486 e. The molecule has 0 aliphatic carbocycles. The van der Waals surface area contributed by atoms with E-state index in [2.05, 4.69) is 5.32 Å². The molecule has 0 atom stereocenters. The molecule has 2 aromatic carbocycles. The number of fused-ring (bicyclic) bond motifs is 1. The smallest absolute Gasteiger partial charge is 0.286 e. The fraction of sp³-hybridized carbons (Fsp3) is 0.381. The second kappa shape index (κ2) is 9.13. The van der Waals surface area contributed by atoms with Crippen LogP contribution in [0.15, 0.2) is 41.3 Å². The number of nitrogens with one attached hydrogen (secondary N) is 1. The zero-order chi connectivity index (χ0) is 22.7. The van der Waals surface area contributed by atoms with Gasteiger partial charge in [0.2, 0.25) is 10.0 Å². The Bertz CT molecular complexity index is 1130. The minimum atomic E-state index is -3.53. The molecule has 170 valence electrons. The molecule has 2 aromatic rings. The first kappa shape index (κ1) is 22.0. The predicted octanol–water partition coefficient (Wildman–Crippen LogP) is 2.47.